The molecule has 1 atom stereocenters. The summed E-state index contributed by atoms with van der Waals surface area (Å²) in [6, 6.07) is 5.63. The molecule has 144 valence electrons. The number of amides is 2. The number of likely N-dealkylation sites (N-methyl/N-ethyl adjacent to an activating group) is 1. The number of carbonyl (C=O) groups is 2. The molecule has 2 heterocycles. The fourth-order valence-electron chi connectivity index (χ4n) is 2.42. The molecule has 1 fully saturated rings. The maximum atomic E-state index is 12.8. The first-order valence-electron chi connectivity index (χ1n) is 7.51. The Bertz CT molecular complexity index is 873. The zero-order valence-electron chi connectivity index (χ0n) is 14.1. The predicted molar refractivity (Wildman–Crippen MR) is 87.6 cm³/mol. The highest BCUT2D eigenvalue weighted by molar-refractivity contribution is 7.15. The number of ether oxygens (including phenoxy) is 2. The van der Waals surface area contributed by atoms with Crippen molar-refractivity contribution >= 4 is 28.5 Å². The number of halogens is 3. The van der Waals surface area contributed by atoms with Crippen LogP contribution < -0.4 is 9.64 Å². The number of hydrogen-bond donors (Lipinski definition) is 0. The first kappa shape index (κ1) is 18.9. The lowest BCUT2D eigenvalue weighted by Gasteiger charge is -2.20. The van der Waals surface area contributed by atoms with E-state index in [4.69, 9.17) is 9.47 Å². The number of nitrogens with zero attached hydrogens (tertiary/aromatic N) is 4. The minimum absolute atomic E-state index is 0.0410. The molecule has 1 aliphatic rings. The third-order valence-electron chi connectivity index (χ3n) is 3.68. The van der Waals surface area contributed by atoms with Gasteiger partial charge in [0.1, 0.15) is 11.3 Å². The van der Waals surface area contributed by atoms with Gasteiger partial charge in [0.05, 0.1) is 13.7 Å². The summed E-state index contributed by atoms with van der Waals surface area (Å²) in [5.74, 6) is -0.520. The number of esters is 1. The first-order valence-corrected chi connectivity index (χ1v) is 8.33. The van der Waals surface area contributed by atoms with Crippen LogP contribution in [-0.4, -0.2) is 54.0 Å². The van der Waals surface area contributed by atoms with Crippen LogP contribution in [-0.2, 0) is 10.9 Å². The minimum Gasteiger partial charge on any atom is -0.496 e. The highest BCUT2D eigenvalue weighted by Gasteiger charge is 2.43. The van der Waals surface area contributed by atoms with Crippen LogP contribution in [0.15, 0.2) is 24.3 Å². The molecular weight excluding hydrogens is 389 g/mol. The molecule has 0 aliphatic carbocycles. The van der Waals surface area contributed by atoms with E-state index in [-0.39, 0.29) is 34.3 Å². The van der Waals surface area contributed by atoms with Crippen molar-refractivity contribution in [3.63, 3.8) is 0 Å². The number of alkyl halides is 3. The van der Waals surface area contributed by atoms with Crippen LogP contribution in [0.1, 0.15) is 15.4 Å². The molecule has 2 amide bonds. The third-order valence-corrected chi connectivity index (χ3v) is 4.65. The fourth-order valence-corrected chi connectivity index (χ4v) is 3.17. The van der Waals surface area contributed by atoms with E-state index >= 15 is 0 Å². The van der Waals surface area contributed by atoms with Crippen LogP contribution in [0.3, 0.4) is 0 Å². The van der Waals surface area contributed by atoms with E-state index in [1.165, 1.54) is 25.1 Å². The summed E-state index contributed by atoms with van der Waals surface area (Å²) in [6.45, 7) is -0.0410. The predicted octanol–water partition coefficient (Wildman–Crippen LogP) is 2.62. The SMILES string of the molecule is COc1ccccc1C(=O)OC1CN(C)C(=O)N1c1nnc(C(F)(F)F)s1. The van der Waals surface area contributed by atoms with Crippen molar-refractivity contribution in [2.24, 2.45) is 0 Å². The summed E-state index contributed by atoms with van der Waals surface area (Å²) < 4.78 is 48.7. The molecule has 0 saturated carbocycles. The molecule has 0 spiro atoms. The van der Waals surface area contributed by atoms with E-state index in [2.05, 4.69) is 10.2 Å². The Balaban J connectivity index is 1.86. The number of rotatable bonds is 4. The van der Waals surface area contributed by atoms with Gasteiger partial charge in [-0.2, -0.15) is 13.2 Å². The standard InChI is InChI=1S/C15H13F3N4O4S/c1-21-7-10(26-11(23)8-5-3-4-6-9(8)25-2)22(14(21)24)13-20-19-12(27-13)15(16,17)18/h3-6,10H,7H2,1-2H3. The lowest BCUT2D eigenvalue weighted by molar-refractivity contribution is -0.138. The molecule has 1 saturated heterocycles. The average molecular weight is 402 g/mol. The second-order valence-electron chi connectivity index (χ2n) is 5.48. The van der Waals surface area contributed by atoms with Crippen LogP contribution >= 0.6 is 11.3 Å². The van der Waals surface area contributed by atoms with E-state index in [0.717, 1.165) is 4.90 Å². The third kappa shape index (κ3) is 3.65. The molecule has 12 heteroatoms. The maximum absolute atomic E-state index is 12.8. The number of para-hydroxylation sites is 1. The highest BCUT2D eigenvalue weighted by Crippen LogP contribution is 2.36. The highest BCUT2D eigenvalue weighted by atomic mass is 32.1. The maximum Gasteiger partial charge on any atom is 0.445 e. The molecule has 1 aromatic carbocycles. The van der Waals surface area contributed by atoms with Gasteiger partial charge in [-0.05, 0) is 12.1 Å². The smallest absolute Gasteiger partial charge is 0.445 e. The number of hydrogen-bond acceptors (Lipinski definition) is 7. The number of carbonyl (C=O) groups excluding carboxylic acids is 2. The van der Waals surface area contributed by atoms with E-state index in [0.29, 0.717) is 0 Å². The summed E-state index contributed by atoms with van der Waals surface area (Å²) >= 11 is 0.192. The molecule has 1 aromatic heterocycles. The molecule has 1 aliphatic heterocycles. The number of urea groups is 1. The summed E-state index contributed by atoms with van der Waals surface area (Å²) in [5, 5.41) is 4.98. The van der Waals surface area contributed by atoms with E-state index < -0.39 is 29.4 Å². The number of aromatic nitrogens is 2. The average Bonchev–Trinajstić information content (AvgIpc) is 3.20. The zero-order valence-corrected chi connectivity index (χ0v) is 14.9. The second-order valence-corrected chi connectivity index (χ2v) is 6.44. The van der Waals surface area contributed by atoms with Gasteiger partial charge in [0, 0.05) is 7.05 Å². The van der Waals surface area contributed by atoms with Gasteiger partial charge >= 0.3 is 18.2 Å². The molecule has 0 N–H and O–H groups in total. The first-order chi connectivity index (χ1) is 12.7. The van der Waals surface area contributed by atoms with Crippen molar-refractivity contribution in [3.8, 4) is 5.75 Å². The van der Waals surface area contributed by atoms with Gasteiger partial charge in [-0.1, -0.05) is 23.5 Å². The van der Waals surface area contributed by atoms with Crippen molar-refractivity contribution in [2.75, 3.05) is 25.6 Å². The molecule has 1 unspecified atom stereocenters. The fraction of sp³-hybridized carbons (Fsp3) is 0.333. The molecule has 8 nitrogen and oxygen atoms in total. The molecule has 0 bridgehead atoms. The summed E-state index contributed by atoms with van der Waals surface area (Å²) in [5.41, 5.74) is 0.121. The van der Waals surface area contributed by atoms with Crippen molar-refractivity contribution in [1.82, 2.24) is 15.1 Å². The van der Waals surface area contributed by atoms with Gasteiger partial charge < -0.3 is 14.4 Å². The van der Waals surface area contributed by atoms with E-state index in [9.17, 15) is 22.8 Å². The van der Waals surface area contributed by atoms with Crippen LogP contribution in [0.5, 0.6) is 5.75 Å². The van der Waals surface area contributed by atoms with Gasteiger partial charge in [-0.25, -0.2) is 14.5 Å². The molecular formula is C15H13F3N4O4S. The Morgan fingerprint density at radius 1 is 1.30 bits per heavy atom. The second kappa shape index (κ2) is 7.02. The van der Waals surface area contributed by atoms with Gasteiger partial charge in [-0.15, -0.1) is 10.2 Å². The van der Waals surface area contributed by atoms with Crippen LogP contribution in [0, 0.1) is 0 Å². The van der Waals surface area contributed by atoms with Gasteiger partial charge in [0.2, 0.25) is 16.4 Å². The van der Waals surface area contributed by atoms with Crippen molar-refractivity contribution in [1.29, 1.82) is 0 Å². The molecule has 27 heavy (non-hydrogen) atoms. The topological polar surface area (TPSA) is 84.9 Å². The van der Waals surface area contributed by atoms with Crippen LogP contribution in [0.4, 0.5) is 23.1 Å². The van der Waals surface area contributed by atoms with Crippen molar-refractivity contribution in [3.05, 3.63) is 34.8 Å². The summed E-state index contributed by atoms with van der Waals surface area (Å²) in [7, 11) is 2.81. The normalized spacial score (nSPS) is 17.4. The van der Waals surface area contributed by atoms with Crippen LogP contribution in [0.2, 0.25) is 0 Å². The summed E-state index contributed by atoms with van der Waals surface area (Å²) in [6.07, 6.45) is -5.84. The number of anilines is 1. The van der Waals surface area contributed by atoms with Crippen molar-refractivity contribution in [2.45, 2.75) is 12.4 Å². The number of benzene rings is 1. The van der Waals surface area contributed by atoms with Gasteiger partial charge in [-0.3, -0.25) is 0 Å². The molecule has 0 radical (unpaired) electrons. The molecule has 2 aromatic rings. The Hall–Kier alpha value is -2.89. The minimum atomic E-state index is -4.69. The Kier molecular flexibility index (Phi) is 4.91. The lowest BCUT2D eigenvalue weighted by atomic mass is 10.2. The quantitative estimate of drug-likeness (QED) is 0.731. The van der Waals surface area contributed by atoms with Crippen LogP contribution in [0.25, 0.3) is 0 Å². The Morgan fingerprint density at radius 2 is 2.00 bits per heavy atom. The monoisotopic (exact) mass is 402 g/mol. The lowest BCUT2D eigenvalue weighted by Crippen LogP contribution is -2.37. The van der Waals surface area contributed by atoms with E-state index in [1.807, 2.05) is 0 Å². The Labute approximate surface area is 155 Å². The zero-order chi connectivity index (χ0) is 19.8. The largest absolute Gasteiger partial charge is 0.496 e. The van der Waals surface area contributed by atoms with Gasteiger partial charge in [0.15, 0.2) is 0 Å². The van der Waals surface area contributed by atoms with Gasteiger partial charge in [0.25, 0.3) is 0 Å². The Morgan fingerprint density at radius 3 is 2.63 bits per heavy atom. The van der Waals surface area contributed by atoms with Crippen molar-refractivity contribution < 1.29 is 32.2 Å². The van der Waals surface area contributed by atoms with E-state index in [1.54, 1.807) is 18.2 Å². The number of methoxy groups -OCH3 is 1. The summed E-state index contributed by atoms with van der Waals surface area (Å²) in [4.78, 5) is 26.9. The molecule has 3 rings (SSSR count).